The topological polar surface area (TPSA) is 68.0 Å². The van der Waals surface area contributed by atoms with Gasteiger partial charge in [-0.2, -0.15) is 0 Å². The molecular weight excluding hydrogens is 266 g/mol. The molecule has 0 aliphatic heterocycles. The van der Waals surface area contributed by atoms with Crippen LogP contribution < -0.4 is 5.32 Å². The Balaban J connectivity index is 1.59. The van der Waals surface area contributed by atoms with Crippen molar-refractivity contribution >= 4 is 22.8 Å². The minimum Gasteiger partial charge on any atom is -0.441 e. The van der Waals surface area contributed by atoms with Crippen LogP contribution in [0.1, 0.15) is 17.9 Å². The van der Waals surface area contributed by atoms with Crippen molar-refractivity contribution in [3.63, 3.8) is 0 Å². The van der Waals surface area contributed by atoms with Crippen LogP contribution in [0.5, 0.6) is 0 Å². The van der Waals surface area contributed by atoms with Gasteiger partial charge in [0.15, 0.2) is 11.5 Å². The van der Waals surface area contributed by atoms with Gasteiger partial charge in [-0.3, -0.25) is 4.79 Å². The molecule has 2 heterocycles. The number of oxazole rings is 1. The summed E-state index contributed by atoms with van der Waals surface area (Å²) in [4.78, 5) is 20.3. The van der Waals surface area contributed by atoms with Gasteiger partial charge >= 0.3 is 0 Å². The van der Waals surface area contributed by atoms with Crippen LogP contribution >= 0.6 is 0 Å². The maximum atomic E-state index is 11.9. The monoisotopic (exact) mass is 281 g/mol. The summed E-state index contributed by atoms with van der Waals surface area (Å²) in [5.41, 5.74) is 2.61. The predicted octanol–water partition coefficient (Wildman–Crippen LogP) is 3.10. The van der Waals surface area contributed by atoms with E-state index in [0.29, 0.717) is 24.6 Å². The lowest BCUT2D eigenvalue weighted by Gasteiger charge is -2.03. The SMILES string of the molecule is Cc1ccc(NC(=O)CCc2nc3ccccc3o2)nc1. The maximum absolute atomic E-state index is 11.9. The Morgan fingerprint density at radius 2 is 2.10 bits per heavy atom. The third kappa shape index (κ3) is 3.25. The van der Waals surface area contributed by atoms with E-state index >= 15 is 0 Å². The average Bonchev–Trinajstić information content (AvgIpc) is 2.90. The predicted molar refractivity (Wildman–Crippen MR) is 79.9 cm³/mol. The van der Waals surface area contributed by atoms with Gasteiger partial charge in [-0.15, -0.1) is 0 Å². The third-order valence-electron chi connectivity index (χ3n) is 3.08. The molecule has 0 saturated heterocycles. The summed E-state index contributed by atoms with van der Waals surface area (Å²) in [7, 11) is 0. The van der Waals surface area contributed by atoms with Gasteiger partial charge in [0, 0.05) is 19.0 Å². The highest BCUT2D eigenvalue weighted by Crippen LogP contribution is 2.15. The standard InChI is InChI=1S/C16H15N3O2/c1-11-6-7-14(17-10-11)19-15(20)8-9-16-18-12-4-2-3-5-13(12)21-16/h2-7,10H,8-9H2,1H3,(H,17,19,20). The number of fused-ring (bicyclic) bond motifs is 1. The fourth-order valence-electron chi connectivity index (χ4n) is 1.99. The molecule has 106 valence electrons. The van der Waals surface area contributed by atoms with E-state index in [4.69, 9.17) is 4.42 Å². The van der Waals surface area contributed by atoms with Gasteiger partial charge in [0.05, 0.1) is 0 Å². The molecule has 1 amide bonds. The zero-order valence-corrected chi connectivity index (χ0v) is 11.7. The lowest BCUT2D eigenvalue weighted by atomic mass is 10.3. The Bertz CT molecular complexity index is 730. The third-order valence-corrected chi connectivity index (χ3v) is 3.08. The Morgan fingerprint density at radius 1 is 1.24 bits per heavy atom. The maximum Gasteiger partial charge on any atom is 0.226 e. The summed E-state index contributed by atoms with van der Waals surface area (Å²) in [5.74, 6) is 1.03. The number of aromatic nitrogens is 2. The molecule has 2 aromatic heterocycles. The van der Waals surface area contributed by atoms with Gasteiger partial charge in [-0.05, 0) is 30.7 Å². The second-order valence-electron chi connectivity index (χ2n) is 4.84. The number of benzene rings is 1. The number of para-hydroxylation sites is 2. The molecule has 0 atom stereocenters. The first-order valence-electron chi connectivity index (χ1n) is 6.78. The van der Waals surface area contributed by atoms with Gasteiger partial charge in [-0.1, -0.05) is 18.2 Å². The molecule has 5 nitrogen and oxygen atoms in total. The Labute approximate surface area is 122 Å². The number of carbonyl (C=O) groups is 1. The van der Waals surface area contributed by atoms with E-state index in [1.165, 1.54) is 0 Å². The molecule has 0 unspecified atom stereocenters. The van der Waals surface area contributed by atoms with Gasteiger partial charge in [0.2, 0.25) is 5.91 Å². The minimum atomic E-state index is -0.103. The number of hydrogen-bond donors (Lipinski definition) is 1. The Kier molecular flexibility index (Phi) is 3.64. The Morgan fingerprint density at radius 3 is 2.86 bits per heavy atom. The second kappa shape index (κ2) is 5.75. The number of hydrogen-bond acceptors (Lipinski definition) is 4. The highest BCUT2D eigenvalue weighted by Gasteiger charge is 2.08. The first-order valence-corrected chi connectivity index (χ1v) is 6.78. The highest BCUT2D eigenvalue weighted by molar-refractivity contribution is 5.89. The summed E-state index contributed by atoms with van der Waals surface area (Å²) in [5, 5.41) is 2.75. The van der Waals surface area contributed by atoms with Crippen molar-refractivity contribution in [2.24, 2.45) is 0 Å². The van der Waals surface area contributed by atoms with Crippen LogP contribution in [0.3, 0.4) is 0 Å². The van der Waals surface area contributed by atoms with E-state index in [1.807, 2.05) is 37.3 Å². The van der Waals surface area contributed by atoms with Crippen LogP contribution in [0.4, 0.5) is 5.82 Å². The fourth-order valence-corrected chi connectivity index (χ4v) is 1.99. The molecule has 0 spiro atoms. The molecule has 0 radical (unpaired) electrons. The van der Waals surface area contributed by atoms with Gasteiger partial charge in [0.25, 0.3) is 0 Å². The zero-order chi connectivity index (χ0) is 14.7. The van der Waals surface area contributed by atoms with Gasteiger partial charge in [-0.25, -0.2) is 9.97 Å². The molecule has 0 aliphatic carbocycles. The van der Waals surface area contributed by atoms with Gasteiger partial charge in [0.1, 0.15) is 11.3 Å². The first kappa shape index (κ1) is 13.3. The fraction of sp³-hybridized carbons (Fsp3) is 0.188. The number of anilines is 1. The first-order chi connectivity index (χ1) is 10.2. The zero-order valence-electron chi connectivity index (χ0n) is 11.7. The molecule has 0 fully saturated rings. The van der Waals surface area contributed by atoms with Crippen LogP contribution in [0.15, 0.2) is 47.0 Å². The van der Waals surface area contributed by atoms with E-state index in [-0.39, 0.29) is 5.91 Å². The van der Waals surface area contributed by atoms with Crippen LogP contribution in [0.2, 0.25) is 0 Å². The van der Waals surface area contributed by atoms with Crippen LogP contribution in [-0.4, -0.2) is 15.9 Å². The van der Waals surface area contributed by atoms with Gasteiger partial charge < -0.3 is 9.73 Å². The number of amides is 1. The van der Waals surface area contributed by atoms with Crippen molar-refractivity contribution in [2.75, 3.05) is 5.32 Å². The summed E-state index contributed by atoms with van der Waals surface area (Å²) < 4.78 is 5.58. The number of pyridine rings is 1. The summed E-state index contributed by atoms with van der Waals surface area (Å²) in [6, 6.07) is 11.2. The molecule has 1 N–H and O–H groups in total. The second-order valence-corrected chi connectivity index (χ2v) is 4.84. The number of nitrogens with one attached hydrogen (secondary N) is 1. The molecule has 3 aromatic rings. The molecule has 3 rings (SSSR count). The quantitative estimate of drug-likeness (QED) is 0.798. The normalized spacial score (nSPS) is 10.7. The Hall–Kier alpha value is -2.69. The number of rotatable bonds is 4. The molecule has 21 heavy (non-hydrogen) atoms. The lowest BCUT2D eigenvalue weighted by Crippen LogP contribution is -2.13. The van der Waals surface area contributed by atoms with Crippen molar-refractivity contribution in [1.82, 2.24) is 9.97 Å². The van der Waals surface area contributed by atoms with Crippen molar-refractivity contribution in [3.05, 3.63) is 54.0 Å². The lowest BCUT2D eigenvalue weighted by molar-refractivity contribution is -0.116. The number of aryl methyl sites for hydroxylation is 2. The van der Waals surface area contributed by atoms with Crippen molar-refractivity contribution in [3.8, 4) is 0 Å². The largest absolute Gasteiger partial charge is 0.441 e. The smallest absolute Gasteiger partial charge is 0.226 e. The van der Waals surface area contributed by atoms with E-state index in [9.17, 15) is 4.79 Å². The minimum absolute atomic E-state index is 0.103. The molecule has 5 heteroatoms. The van der Waals surface area contributed by atoms with E-state index in [1.54, 1.807) is 12.3 Å². The highest BCUT2D eigenvalue weighted by atomic mass is 16.3. The van der Waals surface area contributed by atoms with E-state index < -0.39 is 0 Å². The van der Waals surface area contributed by atoms with Crippen molar-refractivity contribution < 1.29 is 9.21 Å². The molecule has 1 aromatic carbocycles. The molecule has 0 aliphatic rings. The van der Waals surface area contributed by atoms with Crippen molar-refractivity contribution in [2.45, 2.75) is 19.8 Å². The molecular formula is C16H15N3O2. The summed E-state index contributed by atoms with van der Waals surface area (Å²) in [6.07, 6.45) is 2.49. The van der Waals surface area contributed by atoms with E-state index in [2.05, 4.69) is 15.3 Å². The molecule has 0 saturated carbocycles. The molecule has 0 bridgehead atoms. The van der Waals surface area contributed by atoms with Crippen LogP contribution in [0.25, 0.3) is 11.1 Å². The summed E-state index contributed by atoms with van der Waals surface area (Å²) in [6.45, 7) is 1.95. The summed E-state index contributed by atoms with van der Waals surface area (Å²) >= 11 is 0. The van der Waals surface area contributed by atoms with E-state index in [0.717, 1.165) is 16.7 Å². The number of carbonyl (C=O) groups excluding carboxylic acids is 1. The average molecular weight is 281 g/mol. The van der Waals surface area contributed by atoms with Crippen molar-refractivity contribution in [1.29, 1.82) is 0 Å². The van der Waals surface area contributed by atoms with Crippen LogP contribution in [0, 0.1) is 6.92 Å². The number of nitrogens with zero attached hydrogens (tertiary/aromatic N) is 2. The van der Waals surface area contributed by atoms with Crippen LogP contribution in [-0.2, 0) is 11.2 Å².